The van der Waals surface area contributed by atoms with Gasteiger partial charge in [0.05, 0.1) is 12.3 Å². The maximum absolute atomic E-state index is 9.85. The van der Waals surface area contributed by atoms with Crippen molar-refractivity contribution in [3.05, 3.63) is 29.6 Å². The third kappa shape index (κ3) is 2.17. The summed E-state index contributed by atoms with van der Waals surface area (Å²) in [6.45, 7) is 5.67. The molecule has 0 aliphatic carbocycles. The van der Waals surface area contributed by atoms with Gasteiger partial charge in [-0.05, 0) is 43.7 Å². The van der Waals surface area contributed by atoms with Crippen LogP contribution in [0.3, 0.4) is 0 Å². The molecule has 2 aliphatic heterocycles. The quantitative estimate of drug-likeness (QED) is 0.897. The molecule has 0 saturated carbocycles. The minimum atomic E-state index is 0.145. The molecule has 110 valence electrons. The van der Waals surface area contributed by atoms with E-state index < -0.39 is 0 Å². The third-order valence-corrected chi connectivity index (χ3v) is 5.65. The normalized spacial score (nSPS) is 33.0. The lowest BCUT2D eigenvalue weighted by Gasteiger charge is -2.35. The standard InChI is InChI=1S/C17H26N2O/c1-3-13-5-6-14(18-10-13)11-19-15-7-8-16(19)17(4-2,9-15)12-20/h5-6,10,15-16,20H,3-4,7-9,11-12H2,1-2H3/t15-,16+,17-/m0/s1. The van der Waals surface area contributed by atoms with Crippen molar-refractivity contribution in [3.8, 4) is 0 Å². The van der Waals surface area contributed by atoms with Crippen LogP contribution in [0.5, 0.6) is 0 Å². The molecule has 2 fully saturated rings. The van der Waals surface area contributed by atoms with Gasteiger partial charge >= 0.3 is 0 Å². The zero-order valence-electron chi connectivity index (χ0n) is 12.7. The topological polar surface area (TPSA) is 36.4 Å². The maximum atomic E-state index is 9.85. The van der Waals surface area contributed by atoms with Crippen molar-refractivity contribution < 1.29 is 5.11 Å². The first-order valence-electron chi connectivity index (χ1n) is 8.03. The summed E-state index contributed by atoms with van der Waals surface area (Å²) in [6, 6.07) is 5.57. The summed E-state index contributed by atoms with van der Waals surface area (Å²) in [4.78, 5) is 7.21. The van der Waals surface area contributed by atoms with Gasteiger partial charge in [-0.3, -0.25) is 9.88 Å². The summed E-state index contributed by atoms with van der Waals surface area (Å²) in [6.07, 6.45) is 7.84. The molecule has 1 aromatic rings. The molecule has 2 saturated heterocycles. The number of nitrogens with zero attached hydrogens (tertiary/aromatic N) is 2. The Bertz CT molecular complexity index is 453. The molecule has 0 radical (unpaired) electrons. The van der Waals surface area contributed by atoms with Crippen LogP contribution in [0.2, 0.25) is 0 Å². The van der Waals surface area contributed by atoms with E-state index in [2.05, 4.69) is 35.9 Å². The predicted octanol–water partition coefficient (Wildman–Crippen LogP) is 2.77. The Morgan fingerprint density at radius 1 is 1.35 bits per heavy atom. The third-order valence-electron chi connectivity index (χ3n) is 5.65. The summed E-state index contributed by atoms with van der Waals surface area (Å²) in [7, 11) is 0. The molecule has 3 rings (SSSR count). The zero-order chi connectivity index (χ0) is 14.2. The van der Waals surface area contributed by atoms with Crippen LogP contribution in [0.15, 0.2) is 18.3 Å². The predicted molar refractivity (Wildman–Crippen MR) is 80.4 cm³/mol. The molecule has 0 spiro atoms. The van der Waals surface area contributed by atoms with Gasteiger partial charge in [-0.1, -0.05) is 19.9 Å². The van der Waals surface area contributed by atoms with Gasteiger partial charge in [0.1, 0.15) is 0 Å². The highest BCUT2D eigenvalue weighted by atomic mass is 16.3. The van der Waals surface area contributed by atoms with Gasteiger partial charge in [-0.15, -0.1) is 0 Å². The molecule has 1 N–H and O–H groups in total. The number of hydrogen-bond donors (Lipinski definition) is 1. The van der Waals surface area contributed by atoms with Crippen molar-refractivity contribution in [3.63, 3.8) is 0 Å². The van der Waals surface area contributed by atoms with Crippen LogP contribution in [0.4, 0.5) is 0 Å². The van der Waals surface area contributed by atoms with E-state index in [9.17, 15) is 5.11 Å². The molecule has 20 heavy (non-hydrogen) atoms. The lowest BCUT2D eigenvalue weighted by Crippen LogP contribution is -2.39. The average molecular weight is 274 g/mol. The number of fused-ring (bicyclic) bond motifs is 2. The van der Waals surface area contributed by atoms with Crippen molar-refractivity contribution in [2.45, 2.75) is 64.6 Å². The highest BCUT2D eigenvalue weighted by Crippen LogP contribution is 2.51. The summed E-state index contributed by atoms with van der Waals surface area (Å²) < 4.78 is 0. The van der Waals surface area contributed by atoms with Gasteiger partial charge in [0.2, 0.25) is 0 Å². The van der Waals surface area contributed by atoms with Crippen LogP contribution in [0.1, 0.15) is 50.8 Å². The molecule has 2 aliphatic rings. The van der Waals surface area contributed by atoms with Crippen LogP contribution < -0.4 is 0 Å². The van der Waals surface area contributed by atoms with Crippen molar-refractivity contribution in [2.24, 2.45) is 5.41 Å². The lowest BCUT2D eigenvalue weighted by molar-refractivity contribution is 0.0711. The highest BCUT2D eigenvalue weighted by Gasteiger charge is 2.54. The number of hydrogen-bond acceptors (Lipinski definition) is 3. The fraction of sp³-hybridized carbons (Fsp3) is 0.706. The minimum Gasteiger partial charge on any atom is -0.396 e. The van der Waals surface area contributed by atoms with E-state index in [1.165, 1.54) is 24.1 Å². The summed E-state index contributed by atoms with van der Waals surface area (Å²) in [5.74, 6) is 0. The number of pyridine rings is 1. The molecule has 3 atom stereocenters. The SMILES string of the molecule is CCc1ccc(CN2[C@H]3CC[C@@H]2[C@](CC)(CO)C3)nc1. The van der Waals surface area contributed by atoms with E-state index in [0.717, 1.165) is 25.8 Å². The number of aromatic nitrogens is 1. The van der Waals surface area contributed by atoms with Gasteiger partial charge in [-0.25, -0.2) is 0 Å². The first-order chi connectivity index (χ1) is 9.72. The Balaban J connectivity index is 1.75. The Morgan fingerprint density at radius 2 is 2.20 bits per heavy atom. The molecule has 0 amide bonds. The average Bonchev–Trinajstić information content (AvgIpc) is 3.03. The van der Waals surface area contributed by atoms with E-state index in [-0.39, 0.29) is 5.41 Å². The number of aliphatic hydroxyl groups excluding tert-OH is 1. The first-order valence-corrected chi connectivity index (χ1v) is 8.03. The number of rotatable bonds is 5. The van der Waals surface area contributed by atoms with Gasteiger partial charge in [0, 0.05) is 30.2 Å². The molecule has 3 heterocycles. The van der Waals surface area contributed by atoms with E-state index in [1.54, 1.807) is 0 Å². The molecule has 3 nitrogen and oxygen atoms in total. The zero-order valence-corrected chi connectivity index (χ0v) is 12.7. The van der Waals surface area contributed by atoms with Gasteiger partial charge in [0.15, 0.2) is 0 Å². The second-order valence-corrected chi connectivity index (χ2v) is 6.51. The van der Waals surface area contributed by atoms with E-state index in [4.69, 9.17) is 0 Å². The fourth-order valence-electron chi connectivity index (χ4n) is 4.26. The van der Waals surface area contributed by atoms with E-state index in [0.29, 0.717) is 18.7 Å². The summed E-state index contributed by atoms with van der Waals surface area (Å²) in [5.41, 5.74) is 2.62. The van der Waals surface area contributed by atoms with Crippen molar-refractivity contribution in [1.29, 1.82) is 0 Å². The van der Waals surface area contributed by atoms with Gasteiger partial charge in [-0.2, -0.15) is 0 Å². The molecule has 2 bridgehead atoms. The highest BCUT2D eigenvalue weighted by molar-refractivity contribution is 5.16. The van der Waals surface area contributed by atoms with Crippen molar-refractivity contribution >= 4 is 0 Å². The number of aliphatic hydroxyl groups is 1. The Morgan fingerprint density at radius 3 is 2.75 bits per heavy atom. The van der Waals surface area contributed by atoms with Crippen LogP contribution in [-0.2, 0) is 13.0 Å². The first kappa shape index (κ1) is 14.0. The Kier molecular flexibility index (Phi) is 3.83. The maximum Gasteiger partial charge on any atom is 0.0544 e. The summed E-state index contributed by atoms with van der Waals surface area (Å²) >= 11 is 0. The van der Waals surface area contributed by atoms with Crippen LogP contribution in [0.25, 0.3) is 0 Å². The van der Waals surface area contributed by atoms with E-state index >= 15 is 0 Å². The second-order valence-electron chi connectivity index (χ2n) is 6.51. The molecule has 1 aromatic heterocycles. The number of aryl methyl sites for hydroxylation is 1. The van der Waals surface area contributed by atoms with Crippen LogP contribution in [-0.4, -0.2) is 33.7 Å². The molecular weight excluding hydrogens is 248 g/mol. The molecule has 0 aromatic carbocycles. The monoisotopic (exact) mass is 274 g/mol. The fourth-order valence-corrected chi connectivity index (χ4v) is 4.26. The van der Waals surface area contributed by atoms with Gasteiger partial charge in [0.25, 0.3) is 0 Å². The Hall–Kier alpha value is -0.930. The lowest BCUT2D eigenvalue weighted by atomic mass is 9.72. The van der Waals surface area contributed by atoms with E-state index in [1.807, 2.05) is 6.20 Å². The molecular formula is C17H26N2O. The van der Waals surface area contributed by atoms with Crippen molar-refractivity contribution in [2.75, 3.05) is 6.61 Å². The molecule has 3 heteroatoms. The van der Waals surface area contributed by atoms with Crippen LogP contribution >= 0.6 is 0 Å². The van der Waals surface area contributed by atoms with Gasteiger partial charge < -0.3 is 5.11 Å². The van der Waals surface area contributed by atoms with Crippen LogP contribution in [0, 0.1) is 5.41 Å². The van der Waals surface area contributed by atoms with Crippen molar-refractivity contribution in [1.82, 2.24) is 9.88 Å². The largest absolute Gasteiger partial charge is 0.396 e. The minimum absolute atomic E-state index is 0.145. The second kappa shape index (κ2) is 5.45. The Labute approximate surface area is 122 Å². The molecule has 0 unspecified atom stereocenters. The summed E-state index contributed by atoms with van der Waals surface area (Å²) in [5, 5.41) is 9.85. The smallest absolute Gasteiger partial charge is 0.0544 e.